The van der Waals surface area contributed by atoms with Crippen molar-refractivity contribution in [1.82, 2.24) is 4.98 Å². The number of aliphatic hydroxyl groups is 1. The van der Waals surface area contributed by atoms with Crippen LogP contribution >= 0.6 is 0 Å². The summed E-state index contributed by atoms with van der Waals surface area (Å²) in [6, 6.07) is -0.432. The quantitative estimate of drug-likeness (QED) is 0.757. The molecule has 0 spiro atoms. The van der Waals surface area contributed by atoms with E-state index in [-0.39, 0.29) is 0 Å². The molecule has 1 aromatic heterocycles. The zero-order chi connectivity index (χ0) is 10.1. The average molecular weight is 196 g/mol. The smallest absolute Gasteiger partial charge is 0.181 e. The summed E-state index contributed by atoms with van der Waals surface area (Å²) in [4.78, 5) is 3.96. The molecule has 1 aromatic rings. The predicted molar refractivity (Wildman–Crippen MR) is 51.5 cm³/mol. The number of oxazole rings is 1. The zero-order valence-electron chi connectivity index (χ0n) is 8.31. The molecule has 1 fully saturated rings. The molecule has 1 aliphatic carbocycles. The first kappa shape index (κ1) is 9.68. The van der Waals surface area contributed by atoms with Gasteiger partial charge in [-0.05, 0) is 19.3 Å². The fourth-order valence-corrected chi connectivity index (χ4v) is 1.65. The van der Waals surface area contributed by atoms with Crippen molar-refractivity contribution in [3.63, 3.8) is 0 Å². The molecule has 78 valence electrons. The van der Waals surface area contributed by atoms with Crippen molar-refractivity contribution >= 4 is 0 Å². The molecule has 0 bridgehead atoms. The summed E-state index contributed by atoms with van der Waals surface area (Å²) in [5, 5.41) is 9.81. The lowest BCUT2D eigenvalue weighted by Gasteiger charge is -2.16. The number of nitrogens with two attached hydrogens (primary N) is 1. The molecular formula is C10H16N2O2. The normalized spacial score (nSPS) is 20.8. The fourth-order valence-electron chi connectivity index (χ4n) is 1.65. The van der Waals surface area contributed by atoms with Crippen molar-refractivity contribution in [2.24, 2.45) is 11.7 Å². The average Bonchev–Trinajstić information content (AvgIpc) is 2.86. The van der Waals surface area contributed by atoms with Crippen molar-refractivity contribution in [3.05, 3.63) is 17.8 Å². The summed E-state index contributed by atoms with van der Waals surface area (Å²) in [7, 11) is 0. The van der Waals surface area contributed by atoms with Crippen LogP contribution in [0.1, 0.15) is 36.8 Å². The largest absolute Gasteiger partial charge is 0.446 e. The monoisotopic (exact) mass is 196 g/mol. The molecule has 2 rings (SSSR count). The Hall–Kier alpha value is -0.870. The minimum Gasteiger partial charge on any atom is -0.446 e. The van der Waals surface area contributed by atoms with E-state index in [2.05, 4.69) is 4.98 Å². The predicted octanol–water partition coefficient (Wildman–Crippen LogP) is 1.14. The second-order valence-corrected chi connectivity index (χ2v) is 4.07. The highest BCUT2D eigenvalue weighted by molar-refractivity contribution is 5.11. The lowest BCUT2D eigenvalue weighted by molar-refractivity contribution is 0.119. The Kier molecular flexibility index (Phi) is 2.56. The van der Waals surface area contributed by atoms with Crippen LogP contribution in [0.4, 0.5) is 0 Å². The second kappa shape index (κ2) is 3.71. The van der Waals surface area contributed by atoms with Gasteiger partial charge in [-0.3, -0.25) is 0 Å². The number of aliphatic hydroxyl groups excluding tert-OH is 1. The molecular weight excluding hydrogens is 180 g/mol. The van der Waals surface area contributed by atoms with Crippen LogP contribution in [-0.2, 0) is 0 Å². The van der Waals surface area contributed by atoms with Crippen molar-refractivity contribution in [3.8, 4) is 0 Å². The molecule has 0 saturated heterocycles. The van der Waals surface area contributed by atoms with Gasteiger partial charge in [0.25, 0.3) is 0 Å². The van der Waals surface area contributed by atoms with E-state index in [1.165, 1.54) is 19.2 Å². The number of hydrogen-bond donors (Lipinski definition) is 2. The Morgan fingerprint density at radius 1 is 1.71 bits per heavy atom. The van der Waals surface area contributed by atoms with Crippen LogP contribution < -0.4 is 5.73 Å². The maximum absolute atomic E-state index is 9.81. The Labute approximate surface area is 83.1 Å². The zero-order valence-corrected chi connectivity index (χ0v) is 8.31. The molecule has 4 nitrogen and oxygen atoms in total. The van der Waals surface area contributed by atoms with E-state index in [1.54, 1.807) is 0 Å². The summed E-state index contributed by atoms with van der Waals surface area (Å²) in [6.45, 7) is 1.84. The first-order chi connectivity index (χ1) is 6.68. The molecule has 0 amide bonds. The lowest BCUT2D eigenvalue weighted by Crippen LogP contribution is -2.26. The summed E-state index contributed by atoms with van der Waals surface area (Å²) in [5.41, 5.74) is 6.65. The van der Waals surface area contributed by atoms with Crippen LogP contribution in [0.2, 0.25) is 0 Å². The van der Waals surface area contributed by atoms with E-state index >= 15 is 0 Å². The number of aryl methyl sites for hydroxylation is 1. The Balaban J connectivity index is 1.99. The number of hydrogen-bond acceptors (Lipinski definition) is 4. The van der Waals surface area contributed by atoms with Crippen LogP contribution in [0.25, 0.3) is 0 Å². The number of aromatic nitrogens is 1. The van der Waals surface area contributed by atoms with Crippen LogP contribution in [0.5, 0.6) is 0 Å². The summed E-state index contributed by atoms with van der Waals surface area (Å²) in [6.07, 6.45) is 4.09. The third-order valence-electron chi connectivity index (χ3n) is 2.77. The number of nitrogens with zero attached hydrogens (tertiary/aromatic N) is 1. The van der Waals surface area contributed by atoms with Gasteiger partial charge in [0.1, 0.15) is 5.76 Å². The molecule has 0 radical (unpaired) electrons. The van der Waals surface area contributed by atoms with Crippen LogP contribution in [0, 0.1) is 12.8 Å². The van der Waals surface area contributed by atoms with Gasteiger partial charge >= 0.3 is 0 Å². The van der Waals surface area contributed by atoms with Crippen LogP contribution in [-0.4, -0.2) is 16.2 Å². The topological polar surface area (TPSA) is 72.3 Å². The Morgan fingerprint density at radius 3 is 2.93 bits per heavy atom. The van der Waals surface area contributed by atoms with Crippen molar-refractivity contribution in [1.29, 1.82) is 0 Å². The van der Waals surface area contributed by atoms with Gasteiger partial charge in [0.2, 0.25) is 0 Å². The Bertz CT molecular complexity index is 307. The standard InChI is InChI=1S/C10H16N2O2/c1-6-10(14-5-12-6)9(11)8(13)4-7-2-3-7/h5,7-9,13H,2-4,11H2,1H3. The molecule has 4 heteroatoms. The minimum absolute atomic E-state index is 0.432. The number of rotatable bonds is 4. The van der Waals surface area contributed by atoms with Crippen molar-refractivity contribution < 1.29 is 9.52 Å². The molecule has 0 aromatic carbocycles. The van der Waals surface area contributed by atoms with Gasteiger partial charge < -0.3 is 15.3 Å². The summed E-state index contributed by atoms with van der Waals surface area (Å²) < 4.78 is 5.15. The molecule has 0 aliphatic heterocycles. The van der Waals surface area contributed by atoms with Gasteiger partial charge in [0.15, 0.2) is 6.39 Å². The highest BCUT2D eigenvalue weighted by Gasteiger charge is 2.29. The van der Waals surface area contributed by atoms with Crippen molar-refractivity contribution in [2.75, 3.05) is 0 Å². The van der Waals surface area contributed by atoms with E-state index in [9.17, 15) is 5.11 Å². The van der Waals surface area contributed by atoms with Crippen molar-refractivity contribution in [2.45, 2.75) is 38.3 Å². The van der Waals surface area contributed by atoms with E-state index in [0.29, 0.717) is 11.7 Å². The first-order valence-electron chi connectivity index (χ1n) is 5.02. The first-order valence-corrected chi connectivity index (χ1v) is 5.02. The third kappa shape index (κ3) is 1.96. The second-order valence-electron chi connectivity index (χ2n) is 4.07. The van der Waals surface area contributed by atoms with Gasteiger partial charge in [-0.1, -0.05) is 12.8 Å². The van der Waals surface area contributed by atoms with Crippen LogP contribution in [0.3, 0.4) is 0 Å². The molecule has 14 heavy (non-hydrogen) atoms. The SMILES string of the molecule is Cc1ncoc1C(N)C(O)CC1CC1. The maximum atomic E-state index is 9.81. The van der Waals surface area contributed by atoms with E-state index in [4.69, 9.17) is 10.2 Å². The van der Waals surface area contributed by atoms with E-state index in [0.717, 1.165) is 12.1 Å². The van der Waals surface area contributed by atoms with Gasteiger partial charge in [-0.15, -0.1) is 0 Å². The van der Waals surface area contributed by atoms with Gasteiger partial charge in [0, 0.05) is 0 Å². The summed E-state index contributed by atoms with van der Waals surface area (Å²) >= 11 is 0. The summed E-state index contributed by atoms with van der Waals surface area (Å²) in [5.74, 6) is 1.28. The molecule has 1 saturated carbocycles. The molecule has 2 unspecified atom stereocenters. The lowest BCUT2D eigenvalue weighted by atomic mass is 10.0. The highest BCUT2D eigenvalue weighted by atomic mass is 16.3. The minimum atomic E-state index is -0.505. The molecule has 1 aliphatic rings. The molecule has 1 heterocycles. The molecule has 3 N–H and O–H groups in total. The third-order valence-corrected chi connectivity index (χ3v) is 2.77. The van der Waals surface area contributed by atoms with E-state index < -0.39 is 12.1 Å². The van der Waals surface area contributed by atoms with Gasteiger partial charge in [-0.2, -0.15) is 0 Å². The Morgan fingerprint density at radius 2 is 2.43 bits per heavy atom. The van der Waals surface area contributed by atoms with E-state index in [1.807, 2.05) is 6.92 Å². The van der Waals surface area contributed by atoms with Gasteiger partial charge in [-0.25, -0.2) is 4.98 Å². The molecule has 2 atom stereocenters. The van der Waals surface area contributed by atoms with Crippen LogP contribution in [0.15, 0.2) is 10.8 Å². The van der Waals surface area contributed by atoms with Gasteiger partial charge in [0.05, 0.1) is 17.8 Å². The maximum Gasteiger partial charge on any atom is 0.181 e. The highest BCUT2D eigenvalue weighted by Crippen LogP contribution is 2.35. The fraction of sp³-hybridized carbons (Fsp3) is 0.700.